The van der Waals surface area contributed by atoms with Crippen molar-refractivity contribution >= 4 is 17.7 Å². The average Bonchev–Trinajstić information content (AvgIpc) is 3.40. The Bertz CT molecular complexity index is 1490. The molecule has 4 aromatic rings. The van der Waals surface area contributed by atoms with E-state index in [1.807, 2.05) is 24.1 Å². The minimum atomic E-state index is 0.0304. The Labute approximate surface area is 262 Å². The minimum Gasteiger partial charge on any atom is -0.339 e. The lowest BCUT2D eigenvalue weighted by Crippen LogP contribution is -2.41. The van der Waals surface area contributed by atoms with Crippen LogP contribution in [-0.4, -0.2) is 42.4 Å². The predicted molar refractivity (Wildman–Crippen MR) is 180 cm³/mol. The Kier molecular flexibility index (Phi) is 9.06. The first-order valence-electron chi connectivity index (χ1n) is 15.8. The van der Waals surface area contributed by atoms with Gasteiger partial charge in [-0.1, -0.05) is 103 Å². The van der Waals surface area contributed by atoms with Crippen molar-refractivity contribution in [3.05, 3.63) is 142 Å². The fourth-order valence-corrected chi connectivity index (χ4v) is 8.60. The molecule has 0 radical (unpaired) electrons. The van der Waals surface area contributed by atoms with E-state index in [0.29, 0.717) is 6.42 Å². The van der Waals surface area contributed by atoms with E-state index >= 15 is 0 Å². The molecule has 0 N–H and O–H groups in total. The Morgan fingerprint density at radius 3 is 2.09 bits per heavy atom. The molecule has 1 fully saturated rings. The summed E-state index contributed by atoms with van der Waals surface area (Å²) < 4.78 is 0.289. The molecule has 1 spiro atoms. The van der Waals surface area contributed by atoms with Gasteiger partial charge in [-0.2, -0.15) is 0 Å². The number of thioether (sulfide) groups is 1. The normalized spacial score (nSPS) is 16.7. The molecule has 2 aliphatic heterocycles. The number of hydrogen-bond acceptors (Lipinski definition) is 3. The van der Waals surface area contributed by atoms with Crippen molar-refractivity contribution in [1.29, 1.82) is 0 Å². The van der Waals surface area contributed by atoms with Gasteiger partial charge < -0.3 is 9.80 Å². The monoisotopic (exact) mass is 588 g/mol. The molecule has 1 atom stereocenters. The van der Waals surface area contributed by atoms with Gasteiger partial charge in [0.05, 0.1) is 6.04 Å². The molecule has 6 rings (SSSR count). The van der Waals surface area contributed by atoms with Crippen LogP contribution in [0.4, 0.5) is 0 Å². The lowest BCUT2D eigenvalue weighted by Gasteiger charge is -2.40. The van der Waals surface area contributed by atoms with E-state index in [0.717, 1.165) is 31.8 Å². The molecule has 1 amide bonds. The van der Waals surface area contributed by atoms with Crippen molar-refractivity contribution in [3.63, 3.8) is 0 Å². The molecule has 1 saturated heterocycles. The number of amides is 1. The average molecular weight is 589 g/mol. The second kappa shape index (κ2) is 13.1. The Balaban J connectivity index is 1.18. The van der Waals surface area contributed by atoms with Gasteiger partial charge in [0, 0.05) is 36.4 Å². The lowest BCUT2D eigenvalue weighted by atomic mass is 9.86. The number of fused-ring (bicyclic) bond motifs is 2. The first-order valence-corrected chi connectivity index (χ1v) is 16.8. The maximum atomic E-state index is 14.1. The first kappa shape index (κ1) is 29.7. The van der Waals surface area contributed by atoms with Gasteiger partial charge in [-0.15, -0.1) is 11.8 Å². The van der Waals surface area contributed by atoms with Gasteiger partial charge in [0.1, 0.15) is 0 Å². The van der Waals surface area contributed by atoms with E-state index in [2.05, 4.69) is 122 Å². The van der Waals surface area contributed by atoms with Crippen LogP contribution in [0.25, 0.3) is 0 Å². The second-order valence-corrected chi connectivity index (χ2v) is 13.9. The fourth-order valence-electron chi connectivity index (χ4n) is 7.09. The number of carbonyl (C=O) groups excluding carboxylic acids is 1. The molecule has 0 unspecified atom stereocenters. The van der Waals surface area contributed by atoms with E-state index < -0.39 is 0 Å². The Hall–Kier alpha value is -3.34. The van der Waals surface area contributed by atoms with Crippen LogP contribution in [0, 0.1) is 13.8 Å². The summed E-state index contributed by atoms with van der Waals surface area (Å²) in [5, 5.41) is 0. The van der Waals surface area contributed by atoms with Crippen LogP contribution in [0.5, 0.6) is 0 Å². The second-order valence-electron chi connectivity index (χ2n) is 12.5. The van der Waals surface area contributed by atoms with Crippen molar-refractivity contribution in [2.75, 3.05) is 26.7 Å². The molecule has 4 aromatic carbocycles. The van der Waals surface area contributed by atoms with Gasteiger partial charge in [0.2, 0.25) is 5.91 Å². The summed E-state index contributed by atoms with van der Waals surface area (Å²) in [6, 6.07) is 36.8. The summed E-state index contributed by atoms with van der Waals surface area (Å²) >= 11 is 2.15. The molecule has 43 heavy (non-hydrogen) atoms. The molecule has 0 bridgehead atoms. The molecule has 4 heteroatoms. The maximum Gasteiger partial charge on any atom is 0.223 e. The van der Waals surface area contributed by atoms with Gasteiger partial charge in [0.25, 0.3) is 0 Å². The number of nitrogens with zero attached hydrogens (tertiary/aromatic N) is 2. The van der Waals surface area contributed by atoms with E-state index in [4.69, 9.17) is 0 Å². The zero-order valence-corrected chi connectivity index (χ0v) is 26.7. The van der Waals surface area contributed by atoms with Gasteiger partial charge in [0.15, 0.2) is 0 Å². The quantitative estimate of drug-likeness (QED) is 0.196. The van der Waals surface area contributed by atoms with Crippen molar-refractivity contribution in [2.24, 2.45) is 0 Å². The number of likely N-dealkylation sites (tertiary alicyclic amines) is 1. The lowest BCUT2D eigenvalue weighted by molar-refractivity contribution is -0.132. The van der Waals surface area contributed by atoms with Crippen LogP contribution in [0.3, 0.4) is 0 Å². The largest absolute Gasteiger partial charge is 0.339 e. The molecule has 222 valence electrons. The van der Waals surface area contributed by atoms with Gasteiger partial charge in [-0.3, -0.25) is 4.79 Å². The number of piperidine rings is 1. The van der Waals surface area contributed by atoms with Crippen molar-refractivity contribution in [2.45, 2.75) is 62.0 Å². The fraction of sp³-hybridized carbons (Fsp3) is 0.359. The van der Waals surface area contributed by atoms with E-state index in [-0.39, 0.29) is 22.6 Å². The number of hydrogen-bond donors (Lipinski definition) is 0. The zero-order valence-electron chi connectivity index (χ0n) is 25.8. The molecule has 0 aromatic heterocycles. The highest BCUT2D eigenvalue weighted by molar-refractivity contribution is 7.99. The molecular weight excluding hydrogens is 545 g/mol. The number of carbonyl (C=O) groups is 1. The standard InChI is InChI=1S/C39H44N2OS/c1-29-18-19-33(26-30(29)2)37(20-23-41-24-21-39(22-25-41)36-17-11-10-16-34(36)28-43-39)40(3)38(42)27-35(31-12-6-4-7-13-31)32-14-8-5-9-15-32/h4-19,26,35,37H,20-25,27-28H2,1-3H3/t37-/m0/s1. The third kappa shape index (κ3) is 6.46. The summed E-state index contributed by atoms with van der Waals surface area (Å²) in [6.45, 7) is 7.57. The Morgan fingerprint density at radius 1 is 0.814 bits per heavy atom. The van der Waals surface area contributed by atoms with Crippen molar-refractivity contribution < 1.29 is 4.79 Å². The van der Waals surface area contributed by atoms with Crippen LogP contribution >= 0.6 is 11.8 Å². The molecule has 2 heterocycles. The summed E-state index contributed by atoms with van der Waals surface area (Å²) in [6.07, 6.45) is 3.79. The van der Waals surface area contributed by atoms with Gasteiger partial charge >= 0.3 is 0 Å². The highest BCUT2D eigenvalue weighted by Gasteiger charge is 2.41. The zero-order chi connectivity index (χ0) is 29.8. The maximum absolute atomic E-state index is 14.1. The predicted octanol–water partition coefficient (Wildman–Crippen LogP) is 8.65. The smallest absolute Gasteiger partial charge is 0.223 e. The summed E-state index contributed by atoms with van der Waals surface area (Å²) in [7, 11) is 2.02. The number of rotatable bonds is 9. The van der Waals surface area contributed by atoms with Gasteiger partial charge in [-0.05, 0) is 85.1 Å². The van der Waals surface area contributed by atoms with Crippen LogP contribution in [0.2, 0.25) is 0 Å². The van der Waals surface area contributed by atoms with Crippen LogP contribution in [-0.2, 0) is 15.3 Å². The highest BCUT2D eigenvalue weighted by atomic mass is 32.2. The summed E-state index contributed by atoms with van der Waals surface area (Å²) in [5.41, 5.74) is 9.29. The Morgan fingerprint density at radius 2 is 1.44 bits per heavy atom. The highest BCUT2D eigenvalue weighted by Crippen LogP contribution is 2.53. The van der Waals surface area contributed by atoms with Gasteiger partial charge in [-0.25, -0.2) is 0 Å². The van der Waals surface area contributed by atoms with E-state index in [1.165, 1.54) is 46.2 Å². The molecule has 0 aliphatic carbocycles. The summed E-state index contributed by atoms with van der Waals surface area (Å²) in [4.78, 5) is 18.8. The van der Waals surface area contributed by atoms with E-state index in [9.17, 15) is 4.79 Å². The molecule has 0 saturated carbocycles. The van der Waals surface area contributed by atoms with Crippen LogP contribution in [0.15, 0.2) is 103 Å². The topological polar surface area (TPSA) is 23.6 Å². The molecule has 3 nitrogen and oxygen atoms in total. The number of benzene rings is 4. The first-order chi connectivity index (χ1) is 20.9. The van der Waals surface area contributed by atoms with Crippen molar-refractivity contribution in [3.8, 4) is 0 Å². The van der Waals surface area contributed by atoms with Crippen LogP contribution in [0.1, 0.15) is 76.6 Å². The SMILES string of the molecule is Cc1ccc([C@H](CCN2CCC3(CC2)SCc2ccccc23)N(C)C(=O)CC(c2ccccc2)c2ccccc2)cc1C. The summed E-state index contributed by atoms with van der Waals surface area (Å²) in [5.74, 6) is 1.37. The minimum absolute atomic E-state index is 0.0304. The third-order valence-electron chi connectivity index (χ3n) is 9.95. The van der Waals surface area contributed by atoms with E-state index in [1.54, 1.807) is 5.56 Å². The van der Waals surface area contributed by atoms with Crippen LogP contribution < -0.4 is 0 Å². The van der Waals surface area contributed by atoms with Crippen molar-refractivity contribution in [1.82, 2.24) is 9.80 Å². The molecular formula is C39H44N2OS. The molecule has 2 aliphatic rings. The number of aryl methyl sites for hydroxylation is 2. The third-order valence-corrected chi connectivity index (χ3v) is 11.6.